The van der Waals surface area contributed by atoms with Crippen molar-refractivity contribution < 1.29 is 9.36 Å². The highest BCUT2D eigenvalue weighted by atomic mass is 16.1. The number of aryl methyl sites for hydroxylation is 1. The zero-order valence-corrected chi connectivity index (χ0v) is 11.3. The molecule has 0 unspecified atom stereocenters. The highest BCUT2D eigenvalue weighted by molar-refractivity contribution is 5.89. The number of amides is 1. The normalized spacial score (nSPS) is 9.80. The second-order valence-corrected chi connectivity index (χ2v) is 4.47. The first-order valence-electron chi connectivity index (χ1n) is 6.49. The molecule has 0 fully saturated rings. The first kappa shape index (κ1) is 13.8. The fourth-order valence-electron chi connectivity index (χ4n) is 1.86. The van der Waals surface area contributed by atoms with Gasteiger partial charge in [-0.1, -0.05) is 13.0 Å². The lowest BCUT2D eigenvalue weighted by Gasteiger charge is -2.03. The van der Waals surface area contributed by atoms with Crippen LogP contribution in [-0.2, 0) is 17.8 Å². The molecular weight excluding hydrogens is 250 g/mol. The van der Waals surface area contributed by atoms with Crippen LogP contribution in [0.1, 0.15) is 18.1 Å². The molecular formula is C16H16N3O+. The van der Waals surface area contributed by atoms with Gasteiger partial charge >= 0.3 is 0 Å². The molecule has 2 rings (SSSR count). The van der Waals surface area contributed by atoms with E-state index in [9.17, 15) is 4.79 Å². The third-order valence-electron chi connectivity index (χ3n) is 2.97. The molecule has 20 heavy (non-hydrogen) atoms. The van der Waals surface area contributed by atoms with Crippen molar-refractivity contribution in [3.63, 3.8) is 0 Å². The molecule has 0 aliphatic carbocycles. The Bertz CT molecular complexity index is 642. The second-order valence-electron chi connectivity index (χ2n) is 4.47. The van der Waals surface area contributed by atoms with E-state index in [2.05, 4.69) is 12.2 Å². The van der Waals surface area contributed by atoms with E-state index in [4.69, 9.17) is 5.26 Å². The number of anilines is 1. The number of hydrogen-bond acceptors (Lipinski definition) is 2. The Balaban J connectivity index is 1.99. The summed E-state index contributed by atoms with van der Waals surface area (Å²) >= 11 is 0. The predicted octanol–water partition coefficient (Wildman–Crippen LogP) is 2.05. The zero-order valence-electron chi connectivity index (χ0n) is 11.3. The Morgan fingerprint density at radius 2 is 2.05 bits per heavy atom. The molecule has 1 heterocycles. The number of nitriles is 1. The number of aromatic nitrogens is 1. The van der Waals surface area contributed by atoms with Crippen molar-refractivity contribution in [1.29, 1.82) is 5.26 Å². The van der Waals surface area contributed by atoms with Crippen LogP contribution in [0, 0.1) is 11.3 Å². The van der Waals surface area contributed by atoms with Crippen molar-refractivity contribution in [1.82, 2.24) is 0 Å². The molecule has 4 heteroatoms. The molecule has 2 aromatic rings. The SMILES string of the molecule is CCc1cc[n+](CC(=O)Nc2cccc(C#N)c2)cc1. The van der Waals surface area contributed by atoms with Gasteiger partial charge in [-0.3, -0.25) is 4.79 Å². The fraction of sp³-hybridized carbons (Fsp3) is 0.188. The quantitative estimate of drug-likeness (QED) is 0.861. The number of benzene rings is 1. The minimum Gasteiger partial charge on any atom is -0.321 e. The lowest BCUT2D eigenvalue weighted by Crippen LogP contribution is -2.39. The van der Waals surface area contributed by atoms with E-state index in [0.717, 1.165) is 6.42 Å². The van der Waals surface area contributed by atoms with Gasteiger partial charge in [0.15, 0.2) is 12.4 Å². The van der Waals surface area contributed by atoms with Crippen LogP contribution in [0.3, 0.4) is 0 Å². The molecule has 0 bridgehead atoms. The van der Waals surface area contributed by atoms with Gasteiger partial charge in [0.05, 0.1) is 11.6 Å². The molecule has 100 valence electrons. The van der Waals surface area contributed by atoms with Crippen molar-refractivity contribution >= 4 is 11.6 Å². The summed E-state index contributed by atoms with van der Waals surface area (Å²) in [7, 11) is 0. The molecule has 0 aliphatic rings. The summed E-state index contributed by atoms with van der Waals surface area (Å²) in [6.07, 6.45) is 4.77. The maximum absolute atomic E-state index is 11.9. The number of carbonyl (C=O) groups is 1. The van der Waals surface area contributed by atoms with Crippen molar-refractivity contribution in [3.8, 4) is 6.07 Å². The van der Waals surface area contributed by atoms with Gasteiger partial charge in [0.25, 0.3) is 5.91 Å². The molecule has 0 saturated heterocycles. The van der Waals surface area contributed by atoms with Crippen LogP contribution in [0.25, 0.3) is 0 Å². The highest BCUT2D eigenvalue weighted by Crippen LogP contribution is 2.09. The Hall–Kier alpha value is -2.67. The van der Waals surface area contributed by atoms with Gasteiger partial charge in [0, 0.05) is 17.8 Å². The van der Waals surface area contributed by atoms with E-state index in [1.807, 2.05) is 35.2 Å². The van der Waals surface area contributed by atoms with Crippen LogP contribution in [0.2, 0.25) is 0 Å². The summed E-state index contributed by atoms with van der Waals surface area (Å²) in [6, 6.07) is 12.9. The van der Waals surface area contributed by atoms with E-state index in [1.54, 1.807) is 24.3 Å². The number of hydrogen-bond donors (Lipinski definition) is 1. The maximum Gasteiger partial charge on any atom is 0.290 e. The Morgan fingerprint density at radius 3 is 2.70 bits per heavy atom. The summed E-state index contributed by atoms with van der Waals surface area (Å²) < 4.78 is 1.82. The molecule has 1 aromatic carbocycles. The topological polar surface area (TPSA) is 56.8 Å². The van der Waals surface area contributed by atoms with Gasteiger partial charge in [-0.15, -0.1) is 0 Å². The molecule has 1 N–H and O–H groups in total. The standard InChI is InChI=1S/C16H15N3O/c1-2-13-6-8-19(9-7-13)12-16(20)18-15-5-3-4-14(10-15)11-17/h3-10H,2,12H2,1H3/p+1. The van der Waals surface area contributed by atoms with Gasteiger partial charge in [-0.2, -0.15) is 9.83 Å². The van der Waals surface area contributed by atoms with Crippen LogP contribution in [0.15, 0.2) is 48.8 Å². The monoisotopic (exact) mass is 266 g/mol. The van der Waals surface area contributed by atoms with Crippen molar-refractivity contribution in [2.75, 3.05) is 5.32 Å². The zero-order chi connectivity index (χ0) is 14.4. The molecule has 0 atom stereocenters. The van der Waals surface area contributed by atoms with E-state index in [-0.39, 0.29) is 12.5 Å². The summed E-state index contributed by atoms with van der Waals surface area (Å²) in [5.74, 6) is -0.116. The summed E-state index contributed by atoms with van der Waals surface area (Å²) in [6.45, 7) is 2.34. The van der Waals surface area contributed by atoms with E-state index in [1.165, 1.54) is 5.56 Å². The third-order valence-corrected chi connectivity index (χ3v) is 2.97. The largest absolute Gasteiger partial charge is 0.321 e. The van der Waals surface area contributed by atoms with Crippen LogP contribution in [0.4, 0.5) is 5.69 Å². The summed E-state index contributed by atoms with van der Waals surface area (Å²) in [4.78, 5) is 11.9. The molecule has 0 saturated carbocycles. The van der Waals surface area contributed by atoms with Crippen LogP contribution < -0.4 is 9.88 Å². The summed E-state index contributed by atoms with van der Waals surface area (Å²) in [5.41, 5.74) is 2.41. The number of nitrogens with one attached hydrogen (secondary N) is 1. The number of pyridine rings is 1. The molecule has 4 nitrogen and oxygen atoms in total. The number of carbonyl (C=O) groups excluding carboxylic acids is 1. The molecule has 0 aliphatic heterocycles. The Kier molecular flexibility index (Phi) is 4.46. The van der Waals surface area contributed by atoms with Crippen LogP contribution in [-0.4, -0.2) is 5.91 Å². The Labute approximate surface area is 118 Å². The average Bonchev–Trinajstić information content (AvgIpc) is 2.48. The number of rotatable bonds is 4. The molecule has 1 aromatic heterocycles. The van der Waals surface area contributed by atoms with Gasteiger partial charge in [0.1, 0.15) is 0 Å². The second kappa shape index (κ2) is 6.48. The van der Waals surface area contributed by atoms with Crippen molar-refractivity contribution in [2.45, 2.75) is 19.9 Å². The smallest absolute Gasteiger partial charge is 0.290 e. The third kappa shape index (κ3) is 3.66. The van der Waals surface area contributed by atoms with Gasteiger partial charge in [-0.25, -0.2) is 0 Å². The highest BCUT2D eigenvalue weighted by Gasteiger charge is 2.09. The first-order valence-corrected chi connectivity index (χ1v) is 6.49. The van der Waals surface area contributed by atoms with Gasteiger partial charge in [-0.05, 0) is 30.2 Å². The first-order chi connectivity index (χ1) is 9.71. The lowest BCUT2D eigenvalue weighted by atomic mass is 10.2. The lowest BCUT2D eigenvalue weighted by molar-refractivity contribution is -0.684. The fourth-order valence-corrected chi connectivity index (χ4v) is 1.86. The maximum atomic E-state index is 11.9. The minimum atomic E-state index is -0.116. The van der Waals surface area contributed by atoms with E-state index >= 15 is 0 Å². The minimum absolute atomic E-state index is 0.116. The van der Waals surface area contributed by atoms with Gasteiger partial charge < -0.3 is 5.32 Å². The van der Waals surface area contributed by atoms with Crippen LogP contribution >= 0.6 is 0 Å². The summed E-state index contributed by atoms with van der Waals surface area (Å²) in [5, 5.41) is 11.6. The molecule has 0 spiro atoms. The Morgan fingerprint density at radius 1 is 1.30 bits per heavy atom. The van der Waals surface area contributed by atoms with Gasteiger partial charge in [0.2, 0.25) is 6.54 Å². The van der Waals surface area contributed by atoms with E-state index in [0.29, 0.717) is 11.3 Å². The van der Waals surface area contributed by atoms with Crippen molar-refractivity contribution in [3.05, 3.63) is 59.9 Å². The number of nitrogens with zero attached hydrogens (tertiary/aromatic N) is 2. The molecule has 0 radical (unpaired) electrons. The van der Waals surface area contributed by atoms with Crippen molar-refractivity contribution in [2.24, 2.45) is 0 Å². The van der Waals surface area contributed by atoms with E-state index < -0.39 is 0 Å². The molecule has 1 amide bonds. The van der Waals surface area contributed by atoms with Crippen LogP contribution in [0.5, 0.6) is 0 Å². The average molecular weight is 266 g/mol. The predicted molar refractivity (Wildman–Crippen MR) is 75.8 cm³/mol.